The van der Waals surface area contributed by atoms with Crippen molar-refractivity contribution in [1.82, 2.24) is 10.2 Å². The van der Waals surface area contributed by atoms with Gasteiger partial charge in [-0.1, -0.05) is 0 Å². The lowest BCUT2D eigenvalue weighted by molar-refractivity contribution is 0.0924. The Hall–Kier alpha value is -1.85. The van der Waals surface area contributed by atoms with E-state index in [2.05, 4.69) is 10.2 Å². The Morgan fingerprint density at radius 1 is 1.23 bits per heavy atom. The quantitative estimate of drug-likeness (QED) is 0.943. The number of hydrogen-bond acceptors (Lipinski definition) is 4. The van der Waals surface area contributed by atoms with Gasteiger partial charge in [0, 0.05) is 24.7 Å². The Labute approximate surface area is 133 Å². The molecular weight excluding hydrogens is 296 g/mol. The summed E-state index contributed by atoms with van der Waals surface area (Å²) in [5.41, 5.74) is 0.691. The molecule has 5 heteroatoms. The summed E-state index contributed by atoms with van der Waals surface area (Å²) in [6, 6.07) is 11.5. The van der Waals surface area contributed by atoms with E-state index in [1.165, 1.54) is 13.0 Å². The van der Waals surface area contributed by atoms with E-state index in [-0.39, 0.29) is 5.91 Å². The van der Waals surface area contributed by atoms with Gasteiger partial charge in [-0.3, -0.25) is 4.79 Å². The lowest BCUT2D eigenvalue weighted by Gasteiger charge is -2.23. The number of carbonyl (C=O) groups excluding carboxylic acids is 1. The van der Waals surface area contributed by atoms with Crippen molar-refractivity contribution in [3.05, 3.63) is 47.3 Å². The van der Waals surface area contributed by atoms with Crippen LogP contribution in [-0.2, 0) is 0 Å². The van der Waals surface area contributed by atoms with E-state index >= 15 is 0 Å². The molecule has 2 fully saturated rings. The van der Waals surface area contributed by atoms with Crippen molar-refractivity contribution in [2.75, 3.05) is 19.6 Å². The lowest BCUT2D eigenvalue weighted by atomic mass is 9.99. The van der Waals surface area contributed by atoms with Crippen molar-refractivity contribution in [3.63, 3.8) is 0 Å². The number of rotatable bonds is 4. The Bertz CT molecular complexity index is 654. The van der Waals surface area contributed by atoms with Gasteiger partial charge in [-0.25, -0.2) is 0 Å². The number of benzene rings is 1. The molecule has 0 aliphatic carbocycles. The normalized spacial score (nSPS) is 26.1. The van der Waals surface area contributed by atoms with Crippen LogP contribution in [0.25, 0.3) is 0 Å². The molecule has 0 saturated carbocycles. The summed E-state index contributed by atoms with van der Waals surface area (Å²) in [5, 5.41) is 6.00. The highest BCUT2D eigenvalue weighted by atomic mass is 32.1. The summed E-state index contributed by atoms with van der Waals surface area (Å²) in [7, 11) is 0. The minimum Gasteiger partial charge on any atom is -0.447 e. The first-order valence-corrected chi connectivity index (χ1v) is 8.50. The summed E-state index contributed by atoms with van der Waals surface area (Å²) >= 11 is 1.55. The highest BCUT2D eigenvalue weighted by Gasteiger charge is 2.38. The van der Waals surface area contributed by atoms with Gasteiger partial charge in [-0.05, 0) is 60.7 Å². The van der Waals surface area contributed by atoms with Gasteiger partial charge >= 0.3 is 0 Å². The van der Waals surface area contributed by atoms with Crippen LogP contribution in [0.5, 0.6) is 10.8 Å². The fraction of sp³-hybridized carbons (Fsp3) is 0.353. The van der Waals surface area contributed by atoms with Crippen molar-refractivity contribution in [2.24, 2.45) is 5.92 Å². The Morgan fingerprint density at radius 2 is 2.09 bits per heavy atom. The zero-order chi connectivity index (χ0) is 14.9. The number of nitrogens with zero attached hydrogens (tertiary/aromatic N) is 1. The van der Waals surface area contributed by atoms with Crippen molar-refractivity contribution in [3.8, 4) is 10.8 Å². The number of carbonyl (C=O) groups is 1. The van der Waals surface area contributed by atoms with Crippen LogP contribution in [0.4, 0.5) is 0 Å². The monoisotopic (exact) mass is 314 g/mol. The number of piperidine rings is 1. The summed E-state index contributed by atoms with van der Waals surface area (Å²) in [5.74, 6) is 1.40. The molecule has 3 atom stereocenters. The molecule has 4 nitrogen and oxygen atoms in total. The van der Waals surface area contributed by atoms with Crippen LogP contribution in [0.1, 0.15) is 16.8 Å². The number of amides is 1. The maximum Gasteiger partial charge on any atom is 0.251 e. The van der Waals surface area contributed by atoms with Crippen LogP contribution < -0.4 is 10.1 Å². The molecule has 2 saturated heterocycles. The van der Waals surface area contributed by atoms with E-state index in [0.29, 0.717) is 17.5 Å². The molecule has 2 aliphatic heterocycles. The molecule has 1 aromatic heterocycles. The number of hydrogen-bond donors (Lipinski definition) is 1. The molecule has 3 unspecified atom stereocenters. The maximum absolute atomic E-state index is 12.3. The molecule has 22 heavy (non-hydrogen) atoms. The highest BCUT2D eigenvalue weighted by Crippen LogP contribution is 2.28. The summed E-state index contributed by atoms with van der Waals surface area (Å²) in [6.07, 6.45) is 1.21. The number of ether oxygens (including phenoxy) is 1. The molecule has 3 heterocycles. The largest absolute Gasteiger partial charge is 0.447 e. The molecule has 4 rings (SSSR count). The molecule has 1 N–H and O–H groups in total. The zero-order valence-corrected chi connectivity index (χ0v) is 13.0. The Kier molecular flexibility index (Phi) is 3.60. The van der Waals surface area contributed by atoms with Gasteiger partial charge in [0.2, 0.25) is 0 Å². The molecule has 2 aromatic rings. The van der Waals surface area contributed by atoms with Gasteiger partial charge in [0.25, 0.3) is 5.91 Å². The number of nitrogens with one attached hydrogen (secondary N) is 1. The third-order valence-corrected chi connectivity index (χ3v) is 5.22. The van der Waals surface area contributed by atoms with E-state index in [1.54, 1.807) is 11.3 Å². The maximum atomic E-state index is 12.3. The molecule has 114 valence electrons. The van der Waals surface area contributed by atoms with Gasteiger partial charge in [0.05, 0.1) is 0 Å². The summed E-state index contributed by atoms with van der Waals surface area (Å²) < 4.78 is 5.71. The first-order chi connectivity index (χ1) is 10.8. The third-order valence-electron chi connectivity index (χ3n) is 4.48. The second kappa shape index (κ2) is 5.74. The van der Waals surface area contributed by atoms with Crippen LogP contribution in [0.2, 0.25) is 0 Å². The van der Waals surface area contributed by atoms with Crippen molar-refractivity contribution in [1.29, 1.82) is 0 Å². The Morgan fingerprint density at radius 3 is 2.73 bits per heavy atom. The van der Waals surface area contributed by atoms with Crippen molar-refractivity contribution >= 4 is 17.2 Å². The summed E-state index contributed by atoms with van der Waals surface area (Å²) in [4.78, 5) is 14.8. The topological polar surface area (TPSA) is 41.6 Å². The van der Waals surface area contributed by atoms with Gasteiger partial charge in [0.15, 0.2) is 5.06 Å². The van der Waals surface area contributed by atoms with E-state index in [4.69, 9.17) is 4.74 Å². The second-order valence-electron chi connectivity index (χ2n) is 5.95. The van der Waals surface area contributed by atoms with Crippen LogP contribution in [0.3, 0.4) is 0 Å². The fourth-order valence-corrected chi connectivity index (χ4v) is 3.90. The van der Waals surface area contributed by atoms with Crippen LogP contribution in [0, 0.1) is 5.92 Å². The standard InChI is InChI=1S/C17H18N2O2S/c20-17(18-15-11-19-8-7-13(15)10-19)12-3-5-14(6-4-12)21-16-2-1-9-22-16/h1-6,9,13,15H,7-8,10-11H2,(H,18,20). The van der Waals surface area contributed by atoms with E-state index < -0.39 is 0 Å². The smallest absolute Gasteiger partial charge is 0.251 e. The van der Waals surface area contributed by atoms with E-state index in [1.807, 2.05) is 41.8 Å². The predicted octanol–water partition coefficient (Wildman–Crippen LogP) is 2.97. The molecule has 1 aromatic carbocycles. The summed E-state index contributed by atoms with van der Waals surface area (Å²) in [6.45, 7) is 3.32. The Balaban J connectivity index is 1.38. The molecule has 0 radical (unpaired) electrons. The molecule has 2 bridgehead atoms. The van der Waals surface area contributed by atoms with Crippen molar-refractivity contribution in [2.45, 2.75) is 12.5 Å². The van der Waals surface area contributed by atoms with Gasteiger partial charge < -0.3 is 15.0 Å². The van der Waals surface area contributed by atoms with Gasteiger partial charge in [-0.2, -0.15) is 0 Å². The van der Waals surface area contributed by atoms with Crippen LogP contribution in [-0.4, -0.2) is 36.5 Å². The molecule has 1 amide bonds. The zero-order valence-electron chi connectivity index (χ0n) is 12.2. The first-order valence-electron chi connectivity index (χ1n) is 7.62. The average Bonchev–Trinajstić information content (AvgIpc) is 3.25. The highest BCUT2D eigenvalue weighted by molar-refractivity contribution is 7.11. The first kappa shape index (κ1) is 13.8. The molecular formula is C17H18N2O2S. The predicted molar refractivity (Wildman–Crippen MR) is 86.6 cm³/mol. The fourth-order valence-electron chi connectivity index (χ4n) is 3.31. The van der Waals surface area contributed by atoms with Gasteiger partial charge in [0.1, 0.15) is 5.75 Å². The second-order valence-corrected chi connectivity index (χ2v) is 6.86. The van der Waals surface area contributed by atoms with E-state index in [9.17, 15) is 4.79 Å². The molecule has 0 spiro atoms. The van der Waals surface area contributed by atoms with Crippen molar-refractivity contribution < 1.29 is 9.53 Å². The number of fused-ring (bicyclic) bond motifs is 2. The number of thiophene rings is 1. The minimum absolute atomic E-state index is 0.0152. The van der Waals surface area contributed by atoms with Crippen LogP contribution in [0.15, 0.2) is 41.8 Å². The van der Waals surface area contributed by atoms with E-state index in [0.717, 1.165) is 23.9 Å². The SMILES string of the molecule is O=C(NC1CN2CCC1C2)c1ccc(Oc2cccs2)cc1. The van der Waals surface area contributed by atoms with Crippen LogP contribution >= 0.6 is 11.3 Å². The molecule has 2 aliphatic rings. The lowest BCUT2D eigenvalue weighted by Crippen LogP contribution is -2.43. The van der Waals surface area contributed by atoms with Gasteiger partial charge in [-0.15, -0.1) is 11.3 Å². The average molecular weight is 314 g/mol. The third kappa shape index (κ3) is 2.74. The minimum atomic E-state index is 0.0152.